The molecule has 0 atom stereocenters. The van der Waals surface area contributed by atoms with E-state index in [0.29, 0.717) is 22.8 Å². The van der Waals surface area contributed by atoms with Crippen LogP contribution in [0, 0.1) is 0 Å². The van der Waals surface area contributed by atoms with Gasteiger partial charge in [-0.05, 0) is 36.8 Å². The summed E-state index contributed by atoms with van der Waals surface area (Å²) in [4.78, 5) is 12.9. The van der Waals surface area contributed by atoms with Gasteiger partial charge in [-0.1, -0.05) is 36.7 Å². The predicted octanol–water partition coefficient (Wildman–Crippen LogP) is 4.74. The highest BCUT2D eigenvalue weighted by Crippen LogP contribution is 2.29. The topological polar surface area (TPSA) is 84.8 Å². The van der Waals surface area contributed by atoms with Gasteiger partial charge in [0.1, 0.15) is 5.75 Å². The molecule has 4 rings (SSSR count). The maximum atomic E-state index is 12.9. The molecule has 0 aliphatic rings. The number of nitrogens with one attached hydrogen (secondary N) is 2. The molecule has 30 heavy (non-hydrogen) atoms. The number of rotatable bonds is 6. The number of amides is 1. The Morgan fingerprint density at radius 1 is 1.20 bits per heavy atom. The summed E-state index contributed by atoms with van der Waals surface area (Å²) in [5.41, 5.74) is 3.68. The summed E-state index contributed by atoms with van der Waals surface area (Å²) < 4.78 is 7.12. The molecule has 0 fully saturated rings. The first-order valence-electron chi connectivity index (χ1n) is 9.43. The van der Waals surface area contributed by atoms with Gasteiger partial charge in [-0.2, -0.15) is 10.2 Å². The minimum absolute atomic E-state index is 0.279. The molecular formula is C22H20ClN5O2. The Balaban J connectivity index is 1.59. The molecule has 0 radical (unpaired) electrons. The summed E-state index contributed by atoms with van der Waals surface area (Å²) in [5.74, 6) is 0.853. The largest absolute Gasteiger partial charge is 0.496 e. The van der Waals surface area contributed by atoms with Crippen LogP contribution < -0.4 is 10.1 Å². The number of ether oxygens (including phenoxy) is 1. The van der Waals surface area contributed by atoms with Crippen LogP contribution in [0.15, 0.2) is 60.8 Å². The highest BCUT2D eigenvalue weighted by molar-refractivity contribution is 6.30. The van der Waals surface area contributed by atoms with Gasteiger partial charge in [-0.3, -0.25) is 9.89 Å². The quantitative estimate of drug-likeness (QED) is 0.471. The number of halogens is 1. The summed E-state index contributed by atoms with van der Waals surface area (Å²) in [5, 5.41) is 15.0. The van der Waals surface area contributed by atoms with Crippen LogP contribution in [-0.4, -0.2) is 33.0 Å². The third-order valence-corrected chi connectivity index (χ3v) is 4.95. The molecule has 8 heteroatoms. The van der Waals surface area contributed by atoms with Gasteiger partial charge in [-0.15, -0.1) is 0 Å². The highest BCUT2D eigenvalue weighted by atomic mass is 35.5. The van der Waals surface area contributed by atoms with Crippen LogP contribution >= 0.6 is 11.6 Å². The Morgan fingerprint density at radius 2 is 2.03 bits per heavy atom. The van der Waals surface area contributed by atoms with Gasteiger partial charge < -0.3 is 10.1 Å². The molecule has 2 N–H and O–H groups in total. The second-order valence-electron chi connectivity index (χ2n) is 6.57. The number of carbonyl (C=O) groups excluding carboxylic acids is 1. The van der Waals surface area contributed by atoms with Crippen molar-refractivity contribution in [2.45, 2.75) is 13.3 Å². The molecule has 2 aromatic carbocycles. The SMILES string of the molecule is CCc1c(C(=O)Nc2cc(-c3ccccc3OC)[nH]n2)cnn1-c1cccc(Cl)c1. The van der Waals surface area contributed by atoms with Crippen molar-refractivity contribution in [1.29, 1.82) is 0 Å². The highest BCUT2D eigenvalue weighted by Gasteiger charge is 2.19. The molecule has 0 spiro atoms. The molecule has 4 aromatic rings. The van der Waals surface area contributed by atoms with E-state index >= 15 is 0 Å². The molecule has 0 aliphatic carbocycles. The maximum absolute atomic E-state index is 12.9. The Bertz CT molecular complexity index is 1200. The third-order valence-electron chi connectivity index (χ3n) is 4.72. The second kappa shape index (κ2) is 8.42. The predicted molar refractivity (Wildman–Crippen MR) is 116 cm³/mol. The van der Waals surface area contributed by atoms with E-state index in [1.807, 2.05) is 49.4 Å². The van der Waals surface area contributed by atoms with Gasteiger partial charge in [-0.25, -0.2) is 4.68 Å². The lowest BCUT2D eigenvalue weighted by molar-refractivity contribution is 0.102. The van der Waals surface area contributed by atoms with Crippen LogP contribution in [0.1, 0.15) is 23.0 Å². The average molecular weight is 422 g/mol. The van der Waals surface area contributed by atoms with Gasteiger partial charge in [0.25, 0.3) is 5.91 Å². The van der Waals surface area contributed by atoms with Crippen LogP contribution in [-0.2, 0) is 6.42 Å². The van der Waals surface area contributed by atoms with Crippen molar-refractivity contribution in [1.82, 2.24) is 20.0 Å². The molecule has 2 heterocycles. The number of benzene rings is 2. The van der Waals surface area contributed by atoms with Crippen LogP contribution in [0.25, 0.3) is 16.9 Å². The fourth-order valence-corrected chi connectivity index (χ4v) is 3.49. The zero-order valence-electron chi connectivity index (χ0n) is 16.5. The summed E-state index contributed by atoms with van der Waals surface area (Å²) in [6.07, 6.45) is 2.19. The molecule has 152 valence electrons. The van der Waals surface area contributed by atoms with Crippen molar-refractivity contribution in [3.05, 3.63) is 77.1 Å². The number of methoxy groups -OCH3 is 1. The number of aromatic nitrogens is 4. The first kappa shape index (κ1) is 19.7. The number of hydrogen-bond donors (Lipinski definition) is 2. The van der Waals surface area contributed by atoms with E-state index in [0.717, 1.165) is 28.4 Å². The smallest absolute Gasteiger partial charge is 0.260 e. The second-order valence-corrected chi connectivity index (χ2v) is 7.01. The number of carbonyl (C=O) groups is 1. The van der Waals surface area contributed by atoms with Crippen LogP contribution in [0.3, 0.4) is 0 Å². The summed E-state index contributed by atoms with van der Waals surface area (Å²) in [7, 11) is 1.61. The standard InChI is InChI=1S/C22H20ClN5O2/c1-3-19-17(13-24-28(19)15-8-6-7-14(23)11-15)22(29)25-21-12-18(26-27-21)16-9-4-5-10-20(16)30-2/h4-13H,3H2,1-2H3,(H2,25,26,27,29). The van der Waals surface area contributed by atoms with Gasteiger partial charge in [0.05, 0.1) is 35.9 Å². The Labute approximate surface area is 178 Å². The Hall–Kier alpha value is -3.58. The zero-order valence-corrected chi connectivity index (χ0v) is 17.3. The van der Waals surface area contributed by atoms with E-state index in [-0.39, 0.29) is 5.91 Å². The first-order valence-corrected chi connectivity index (χ1v) is 9.81. The normalized spacial score (nSPS) is 10.8. The molecule has 0 unspecified atom stereocenters. The summed E-state index contributed by atoms with van der Waals surface area (Å²) in [6.45, 7) is 1.98. The van der Waals surface area contributed by atoms with E-state index in [1.165, 1.54) is 0 Å². The lowest BCUT2D eigenvalue weighted by Gasteiger charge is -2.08. The van der Waals surface area contributed by atoms with E-state index in [9.17, 15) is 4.79 Å². The number of para-hydroxylation sites is 1. The van der Waals surface area contributed by atoms with Crippen molar-refractivity contribution in [3.8, 4) is 22.7 Å². The fourth-order valence-electron chi connectivity index (χ4n) is 3.31. The zero-order chi connectivity index (χ0) is 21.1. The van der Waals surface area contributed by atoms with Gasteiger partial charge in [0.2, 0.25) is 0 Å². The molecule has 0 bridgehead atoms. The molecule has 0 saturated heterocycles. The molecule has 2 aromatic heterocycles. The van der Waals surface area contributed by atoms with Gasteiger partial charge >= 0.3 is 0 Å². The number of nitrogens with zero attached hydrogens (tertiary/aromatic N) is 3. The maximum Gasteiger partial charge on any atom is 0.260 e. The van der Waals surface area contributed by atoms with E-state index in [1.54, 1.807) is 30.1 Å². The average Bonchev–Trinajstić information content (AvgIpc) is 3.40. The van der Waals surface area contributed by atoms with Crippen LogP contribution in [0.5, 0.6) is 5.75 Å². The number of anilines is 1. The number of hydrogen-bond acceptors (Lipinski definition) is 4. The molecule has 1 amide bonds. The summed E-state index contributed by atoms with van der Waals surface area (Å²) >= 11 is 6.10. The monoisotopic (exact) mass is 421 g/mol. The number of aromatic amines is 1. The van der Waals surface area contributed by atoms with Crippen molar-refractivity contribution >= 4 is 23.3 Å². The lowest BCUT2D eigenvalue weighted by Crippen LogP contribution is -2.14. The molecule has 0 aliphatic heterocycles. The van der Waals surface area contributed by atoms with Gasteiger partial charge in [0.15, 0.2) is 5.82 Å². The minimum atomic E-state index is -0.279. The van der Waals surface area contributed by atoms with E-state index < -0.39 is 0 Å². The number of H-pyrrole nitrogens is 1. The molecule has 0 saturated carbocycles. The van der Waals surface area contributed by atoms with Crippen molar-refractivity contribution in [3.63, 3.8) is 0 Å². The van der Waals surface area contributed by atoms with Crippen LogP contribution in [0.4, 0.5) is 5.82 Å². The third kappa shape index (κ3) is 3.79. The fraction of sp³-hybridized carbons (Fsp3) is 0.136. The Kier molecular flexibility index (Phi) is 5.54. The molecular weight excluding hydrogens is 402 g/mol. The first-order chi connectivity index (χ1) is 14.6. The van der Waals surface area contributed by atoms with Crippen molar-refractivity contribution in [2.24, 2.45) is 0 Å². The lowest BCUT2D eigenvalue weighted by atomic mass is 10.1. The van der Waals surface area contributed by atoms with E-state index in [2.05, 4.69) is 20.6 Å². The van der Waals surface area contributed by atoms with Gasteiger partial charge in [0, 0.05) is 16.7 Å². The molecule has 7 nitrogen and oxygen atoms in total. The van der Waals surface area contributed by atoms with E-state index in [4.69, 9.17) is 16.3 Å². The summed E-state index contributed by atoms with van der Waals surface area (Å²) in [6, 6.07) is 16.7. The minimum Gasteiger partial charge on any atom is -0.496 e. The Morgan fingerprint density at radius 3 is 2.80 bits per heavy atom. The van der Waals surface area contributed by atoms with Crippen molar-refractivity contribution in [2.75, 3.05) is 12.4 Å². The van der Waals surface area contributed by atoms with Crippen molar-refractivity contribution < 1.29 is 9.53 Å². The van der Waals surface area contributed by atoms with Crippen LogP contribution in [0.2, 0.25) is 5.02 Å².